The van der Waals surface area contributed by atoms with E-state index in [4.69, 9.17) is 18.4 Å². The zero-order chi connectivity index (χ0) is 18.7. The third kappa shape index (κ3) is 6.39. The topological polar surface area (TPSA) is 71.1 Å². The van der Waals surface area contributed by atoms with E-state index in [0.717, 1.165) is 9.54 Å². The van der Waals surface area contributed by atoms with Gasteiger partial charge in [0.05, 0.1) is 18.5 Å². The van der Waals surface area contributed by atoms with Crippen LogP contribution in [0.4, 0.5) is 0 Å². The molecular formula is C16H25BrO6S2. The van der Waals surface area contributed by atoms with Crippen LogP contribution in [0.1, 0.15) is 34.1 Å². The van der Waals surface area contributed by atoms with Gasteiger partial charge in [-0.2, -0.15) is 8.42 Å². The van der Waals surface area contributed by atoms with Crippen LogP contribution >= 0.6 is 27.3 Å². The standard InChI is InChI=1S/C16H25BrO6S2/c1-11(25(18,19)22-10-16(2,3)4)5-6-20-7-12-8-21-14-13(23-12)9-24-15(14)17/h9,11-12H,5-8,10H2,1-4H3. The molecule has 2 heterocycles. The fourth-order valence-electron chi connectivity index (χ4n) is 1.97. The zero-order valence-corrected chi connectivity index (χ0v) is 18.1. The Hall–Kier alpha value is -0.350. The smallest absolute Gasteiger partial charge is 0.270 e. The van der Waals surface area contributed by atoms with Gasteiger partial charge in [0.1, 0.15) is 10.4 Å². The Balaban J connectivity index is 1.69. The van der Waals surface area contributed by atoms with E-state index >= 15 is 0 Å². The molecule has 0 bridgehead atoms. The quantitative estimate of drug-likeness (QED) is 0.437. The van der Waals surface area contributed by atoms with Crippen molar-refractivity contribution in [2.45, 2.75) is 45.5 Å². The lowest BCUT2D eigenvalue weighted by Gasteiger charge is -2.25. The molecule has 0 spiro atoms. The molecule has 1 aliphatic rings. The molecule has 2 atom stereocenters. The number of hydrogen-bond acceptors (Lipinski definition) is 7. The van der Waals surface area contributed by atoms with Crippen LogP contribution in [0.15, 0.2) is 9.17 Å². The van der Waals surface area contributed by atoms with Gasteiger partial charge in [-0.15, -0.1) is 11.3 Å². The average molecular weight is 457 g/mol. The lowest BCUT2D eigenvalue weighted by Crippen LogP contribution is -2.33. The summed E-state index contributed by atoms with van der Waals surface area (Å²) in [6, 6.07) is 0. The zero-order valence-electron chi connectivity index (χ0n) is 14.9. The Morgan fingerprint density at radius 1 is 1.44 bits per heavy atom. The van der Waals surface area contributed by atoms with Crippen molar-refractivity contribution in [3.8, 4) is 11.5 Å². The van der Waals surface area contributed by atoms with Crippen LogP contribution in [0.25, 0.3) is 0 Å². The lowest BCUT2D eigenvalue weighted by molar-refractivity contribution is 0.00845. The molecule has 144 valence electrons. The minimum absolute atomic E-state index is 0.173. The summed E-state index contributed by atoms with van der Waals surface area (Å²) in [6.45, 7) is 8.68. The molecule has 2 unspecified atom stereocenters. The van der Waals surface area contributed by atoms with Gasteiger partial charge >= 0.3 is 0 Å². The largest absolute Gasteiger partial charge is 0.484 e. The molecule has 1 aliphatic heterocycles. The Morgan fingerprint density at radius 3 is 2.84 bits per heavy atom. The fraction of sp³-hybridized carbons (Fsp3) is 0.750. The molecule has 0 saturated carbocycles. The molecule has 0 aromatic carbocycles. The molecule has 1 aromatic heterocycles. The Morgan fingerprint density at radius 2 is 2.16 bits per heavy atom. The molecule has 0 N–H and O–H groups in total. The molecule has 9 heteroatoms. The Kier molecular flexibility index (Phi) is 7.17. The highest BCUT2D eigenvalue weighted by Crippen LogP contribution is 2.43. The van der Waals surface area contributed by atoms with E-state index in [2.05, 4.69) is 15.9 Å². The number of ether oxygens (including phenoxy) is 3. The summed E-state index contributed by atoms with van der Waals surface area (Å²) in [5.74, 6) is 1.44. The summed E-state index contributed by atoms with van der Waals surface area (Å²) in [4.78, 5) is 0. The maximum Gasteiger partial charge on any atom is 0.270 e. The molecule has 1 aromatic rings. The maximum atomic E-state index is 12.1. The van der Waals surface area contributed by atoms with E-state index in [-0.39, 0.29) is 18.1 Å². The van der Waals surface area contributed by atoms with Crippen molar-refractivity contribution in [2.75, 3.05) is 26.4 Å². The molecule has 25 heavy (non-hydrogen) atoms. The van der Waals surface area contributed by atoms with Gasteiger partial charge in [0.15, 0.2) is 17.6 Å². The molecule has 0 fully saturated rings. The van der Waals surface area contributed by atoms with Crippen LogP contribution < -0.4 is 9.47 Å². The highest BCUT2D eigenvalue weighted by atomic mass is 79.9. The summed E-state index contributed by atoms with van der Waals surface area (Å²) in [5, 5.41) is 1.27. The van der Waals surface area contributed by atoms with E-state index in [9.17, 15) is 8.42 Å². The SMILES string of the molecule is CC(CCOCC1COc2c(csc2Br)O1)S(=O)(=O)OCC(C)(C)C. The third-order valence-corrected chi connectivity index (χ3v) is 6.81. The van der Waals surface area contributed by atoms with Crippen molar-refractivity contribution in [2.24, 2.45) is 5.41 Å². The highest BCUT2D eigenvalue weighted by molar-refractivity contribution is 9.11. The van der Waals surface area contributed by atoms with Gasteiger partial charge in [0.2, 0.25) is 0 Å². The monoisotopic (exact) mass is 456 g/mol. The van der Waals surface area contributed by atoms with Crippen LogP contribution in [-0.4, -0.2) is 46.2 Å². The van der Waals surface area contributed by atoms with Crippen molar-refractivity contribution < 1.29 is 26.8 Å². The normalized spacial score (nSPS) is 19.0. The minimum Gasteiger partial charge on any atom is -0.484 e. The second-order valence-corrected chi connectivity index (χ2v) is 11.5. The number of fused-ring (bicyclic) bond motifs is 1. The number of thiophene rings is 1. The highest BCUT2D eigenvalue weighted by Gasteiger charge is 2.26. The van der Waals surface area contributed by atoms with E-state index in [1.165, 1.54) is 11.3 Å². The summed E-state index contributed by atoms with van der Waals surface area (Å²) in [7, 11) is -3.58. The van der Waals surface area contributed by atoms with Crippen LogP contribution in [0.3, 0.4) is 0 Å². The van der Waals surface area contributed by atoms with Crippen molar-refractivity contribution in [1.82, 2.24) is 0 Å². The van der Waals surface area contributed by atoms with Crippen LogP contribution in [0, 0.1) is 5.41 Å². The van der Waals surface area contributed by atoms with Crippen molar-refractivity contribution in [3.63, 3.8) is 0 Å². The first-order valence-electron chi connectivity index (χ1n) is 8.11. The van der Waals surface area contributed by atoms with Gasteiger partial charge in [-0.1, -0.05) is 20.8 Å². The molecule has 0 amide bonds. The van der Waals surface area contributed by atoms with Crippen LogP contribution in [0.2, 0.25) is 0 Å². The molecule has 6 nitrogen and oxygen atoms in total. The van der Waals surface area contributed by atoms with E-state index < -0.39 is 15.4 Å². The predicted octanol–water partition coefficient (Wildman–Crippen LogP) is 3.84. The summed E-state index contributed by atoms with van der Waals surface area (Å²) in [5.41, 5.74) is -0.197. The second kappa shape index (κ2) is 8.56. The molecule has 0 saturated heterocycles. The first kappa shape index (κ1) is 21.0. The molecule has 0 aliphatic carbocycles. The third-order valence-electron chi connectivity index (χ3n) is 3.50. The van der Waals surface area contributed by atoms with E-state index in [1.54, 1.807) is 6.92 Å². The summed E-state index contributed by atoms with van der Waals surface area (Å²) >= 11 is 4.92. The summed E-state index contributed by atoms with van der Waals surface area (Å²) < 4.78 is 47.2. The van der Waals surface area contributed by atoms with E-state index in [1.807, 2.05) is 26.2 Å². The van der Waals surface area contributed by atoms with Crippen molar-refractivity contribution in [3.05, 3.63) is 9.17 Å². The van der Waals surface area contributed by atoms with Gasteiger partial charge in [-0.3, -0.25) is 4.18 Å². The minimum atomic E-state index is -3.58. The average Bonchev–Trinajstić information content (AvgIpc) is 2.89. The molecular weight excluding hydrogens is 432 g/mol. The van der Waals surface area contributed by atoms with Crippen LogP contribution in [-0.2, 0) is 19.0 Å². The fourth-order valence-corrected chi connectivity index (χ4v) is 4.34. The van der Waals surface area contributed by atoms with Gasteiger partial charge in [0, 0.05) is 12.0 Å². The van der Waals surface area contributed by atoms with Gasteiger partial charge in [0.25, 0.3) is 10.1 Å². The van der Waals surface area contributed by atoms with Crippen molar-refractivity contribution in [1.29, 1.82) is 0 Å². The van der Waals surface area contributed by atoms with Crippen LogP contribution in [0.5, 0.6) is 11.5 Å². The number of halogens is 1. The van der Waals surface area contributed by atoms with Crippen molar-refractivity contribution >= 4 is 37.4 Å². The molecule has 0 radical (unpaired) electrons. The van der Waals surface area contributed by atoms with Gasteiger partial charge in [-0.05, 0) is 34.7 Å². The first-order valence-corrected chi connectivity index (χ1v) is 11.3. The number of rotatable bonds is 8. The number of hydrogen-bond donors (Lipinski definition) is 0. The molecule has 2 rings (SSSR count). The maximum absolute atomic E-state index is 12.1. The lowest BCUT2D eigenvalue weighted by atomic mass is 9.99. The van der Waals surface area contributed by atoms with E-state index in [0.29, 0.717) is 32.0 Å². The predicted molar refractivity (Wildman–Crippen MR) is 101 cm³/mol. The Bertz CT molecular complexity index is 665. The first-order chi connectivity index (χ1) is 11.6. The second-order valence-electron chi connectivity index (χ2n) is 7.24. The Labute approximate surface area is 162 Å². The van der Waals surface area contributed by atoms with Gasteiger partial charge < -0.3 is 14.2 Å². The summed E-state index contributed by atoms with van der Waals surface area (Å²) in [6.07, 6.45) is 0.174. The van der Waals surface area contributed by atoms with Gasteiger partial charge in [-0.25, -0.2) is 0 Å².